The number of amides is 4. The standard InChI is InChI=1S/C31H48N8O4.C2HF3O2/c1-6-7-8-12-15-23-18-39(37-36-23)24-17-26(30(42)34-25(28(32)40)16-22-13-10-9-11-14-22)38(19-24)31(43)27(20(2)3)35-29(41)21(4)33-5;3-2(4,5)1(6)7/h9-11,13-14,18,20-21,24-27,33H,6-8,12,15-17,19H2,1-5H3,(H2,32,40)(H,34,42)(H,35,41);(H,6,7)/t21-,24+,25-,26-,27-;/m0./s1. The molecule has 1 saturated heterocycles. The lowest BCUT2D eigenvalue weighted by molar-refractivity contribution is -0.192. The molecule has 0 spiro atoms. The molecule has 6 N–H and O–H groups in total. The Kier molecular flexibility index (Phi) is 16.3. The highest BCUT2D eigenvalue weighted by Crippen LogP contribution is 2.29. The number of nitrogens with one attached hydrogen (secondary N) is 3. The Hall–Kier alpha value is -4.54. The van der Waals surface area contributed by atoms with Crippen LogP contribution in [0, 0.1) is 5.92 Å². The Balaban J connectivity index is 0.00000112. The molecule has 1 aliphatic heterocycles. The molecule has 1 aliphatic rings. The van der Waals surface area contributed by atoms with Gasteiger partial charge in [0, 0.05) is 25.6 Å². The van der Waals surface area contributed by atoms with Gasteiger partial charge in [-0.05, 0) is 38.3 Å². The molecule has 14 nitrogen and oxygen atoms in total. The van der Waals surface area contributed by atoms with E-state index >= 15 is 0 Å². The minimum atomic E-state index is -5.08. The summed E-state index contributed by atoms with van der Waals surface area (Å²) in [7, 11) is 1.67. The van der Waals surface area contributed by atoms with Gasteiger partial charge in [0.1, 0.15) is 18.1 Å². The number of unbranched alkanes of at least 4 members (excludes halogenated alkanes) is 3. The molecule has 17 heteroatoms. The van der Waals surface area contributed by atoms with Crippen molar-refractivity contribution in [2.24, 2.45) is 11.7 Å². The van der Waals surface area contributed by atoms with E-state index in [9.17, 15) is 32.3 Å². The smallest absolute Gasteiger partial charge is 0.475 e. The molecule has 50 heavy (non-hydrogen) atoms. The number of aliphatic carboxylic acids is 1. The number of aryl methyl sites for hydroxylation is 1. The molecule has 2 aromatic rings. The second kappa shape index (κ2) is 19.6. The van der Waals surface area contributed by atoms with Crippen LogP contribution in [0.2, 0.25) is 0 Å². The summed E-state index contributed by atoms with van der Waals surface area (Å²) in [6.07, 6.45) is 2.57. The predicted octanol–water partition coefficient (Wildman–Crippen LogP) is 2.14. The summed E-state index contributed by atoms with van der Waals surface area (Å²) in [6, 6.07) is 5.77. The summed E-state index contributed by atoms with van der Waals surface area (Å²) in [5.74, 6) is -4.82. The molecule has 0 unspecified atom stereocenters. The van der Waals surface area contributed by atoms with Crippen LogP contribution in [-0.2, 0) is 36.8 Å². The van der Waals surface area contributed by atoms with E-state index < -0.39 is 48.1 Å². The second-order valence-electron chi connectivity index (χ2n) is 12.6. The number of carboxylic acid groups (broad SMARTS) is 1. The average molecular weight is 711 g/mol. The maximum Gasteiger partial charge on any atom is 0.490 e. The minimum absolute atomic E-state index is 0.205. The third-order valence-corrected chi connectivity index (χ3v) is 8.32. The largest absolute Gasteiger partial charge is 0.490 e. The Morgan fingerprint density at radius 2 is 1.68 bits per heavy atom. The van der Waals surface area contributed by atoms with Gasteiger partial charge in [-0.3, -0.25) is 19.2 Å². The first-order valence-electron chi connectivity index (χ1n) is 16.6. The summed E-state index contributed by atoms with van der Waals surface area (Å²) in [4.78, 5) is 63.3. The van der Waals surface area contributed by atoms with Crippen molar-refractivity contribution in [2.45, 2.75) is 109 Å². The molecular weight excluding hydrogens is 661 g/mol. The van der Waals surface area contributed by atoms with Gasteiger partial charge < -0.3 is 31.7 Å². The van der Waals surface area contributed by atoms with E-state index in [0.717, 1.165) is 36.9 Å². The number of nitrogens with two attached hydrogens (primary N) is 1. The third-order valence-electron chi connectivity index (χ3n) is 8.32. The van der Waals surface area contributed by atoms with Crippen molar-refractivity contribution < 1.29 is 42.3 Å². The van der Waals surface area contributed by atoms with Crippen LogP contribution in [0.4, 0.5) is 13.2 Å². The van der Waals surface area contributed by atoms with E-state index in [-0.39, 0.29) is 43.2 Å². The van der Waals surface area contributed by atoms with Crippen LogP contribution in [0.25, 0.3) is 0 Å². The Bertz CT molecular complexity index is 1420. The molecular formula is C33H49F3N8O6. The molecule has 278 valence electrons. The molecule has 0 aliphatic carbocycles. The highest BCUT2D eigenvalue weighted by Gasteiger charge is 2.44. The number of benzene rings is 1. The van der Waals surface area contributed by atoms with Gasteiger partial charge in [-0.2, -0.15) is 13.2 Å². The fourth-order valence-electron chi connectivity index (χ4n) is 5.28. The zero-order valence-corrected chi connectivity index (χ0v) is 29.1. The number of halogens is 3. The van der Waals surface area contributed by atoms with Gasteiger partial charge >= 0.3 is 12.1 Å². The van der Waals surface area contributed by atoms with E-state index in [1.807, 2.05) is 50.4 Å². The number of alkyl halides is 3. The van der Waals surface area contributed by atoms with Crippen LogP contribution in [0.5, 0.6) is 0 Å². The number of primary amides is 1. The monoisotopic (exact) mass is 710 g/mol. The topological polar surface area (TPSA) is 202 Å². The highest BCUT2D eigenvalue weighted by molar-refractivity contribution is 5.95. The molecule has 2 heterocycles. The molecule has 0 saturated carbocycles. The van der Waals surface area contributed by atoms with Crippen LogP contribution in [0.1, 0.15) is 77.1 Å². The van der Waals surface area contributed by atoms with Crippen LogP contribution >= 0.6 is 0 Å². The average Bonchev–Trinajstić information content (AvgIpc) is 3.72. The van der Waals surface area contributed by atoms with Crippen molar-refractivity contribution in [2.75, 3.05) is 13.6 Å². The van der Waals surface area contributed by atoms with E-state index in [1.54, 1.807) is 18.7 Å². The van der Waals surface area contributed by atoms with E-state index in [1.165, 1.54) is 11.3 Å². The number of carboxylic acids is 1. The maximum atomic E-state index is 14.0. The minimum Gasteiger partial charge on any atom is -0.475 e. The van der Waals surface area contributed by atoms with Gasteiger partial charge in [-0.15, -0.1) is 5.10 Å². The molecule has 3 rings (SSSR count). The first kappa shape index (κ1) is 41.6. The molecule has 1 aromatic heterocycles. The third kappa shape index (κ3) is 12.7. The molecule has 1 aromatic carbocycles. The Labute approximate surface area is 289 Å². The van der Waals surface area contributed by atoms with E-state index in [2.05, 4.69) is 33.2 Å². The van der Waals surface area contributed by atoms with Gasteiger partial charge in [-0.25, -0.2) is 9.48 Å². The Morgan fingerprint density at radius 1 is 1.04 bits per heavy atom. The number of likely N-dealkylation sites (N-methyl/N-ethyl adjacent to an activating group) is 1. The summed E-state index contributed by atoms with van der Waals surface area (Å²) >= 11 is 0. The normalized spacial score (nSPS) is 17.7. The first-order valence-corrected chi connectivity index (χ1v) is 16.6. The fraction of sp³-hybridized carbons (Fsp3) is 0.606. The molecule has 4 amide bonds. The summed E-state index contributed by atoms with van der Waals surface area (Å²) in [6.45, 7) is 7.78. The summed E-state index contributed by atoms with van der Waals surface area (Å²) in [5.41, 5.74) is 7.39. The second-order valence-corrected chi connectivity index (χ2v) is 12.6. The van der Waals surface area contributed by atoms with Crippen molar-refractivity contribution in [1.29, 1.82) is 0 Å². The number of carbonyl (C=O) groups excluding carboxylic acids is 4. The number of aromatic nitrogens is 3. The maximum absolute atomic E-state index is 14.0. The summed E-state index contributed by atoms with van der Waals surface area (Å²) < 4.78 is 33.5. The predicted molar refractivity (Wildman–Crippen MR) is 177 cm³/mol. The fourth-order valence-corrected chi connectivity index (χ4v) is 5.28. The Morgan fingerprint density at radius 3 is 2.22 bits per heavy atom. The zero-order valence-electron chi connectivity index (χ0n) is 29.1. The van der Waals surface area contributed by atoms with Gasteiger partial charge in [0.2, 0.25) is 23.6 Å². The lowest BCUT2D eigenvalue weighted by Crippen LogP contribution is -2.58. The molecule has 0 bridgehead atoms. The molecule has 0 radical (unpaired) electrons. The highest BCUT2D eigenvalue weighted by atomic mass is 19.4. The number of hydrogen-bond acceptors (Lipinski definition) is 8. The van der Waals surface area contributed by atoms with Crippen molar-refractivity contribution in [1.82, 2.24) is 35.8 Å². The number of likely N-dealkylation sites (tertiary alicyclic amines) is 1. The number of rotatable bonds is 16. The van der Waals surface area contributed by atoms with Crippen molar-refractivity contribution in [3.63, 3.8) is 0 Å². The summed E-state index contributed by atoms with van der Waals surface area (Å²) in [5, 5.41) is 24.3. The number of hydrogen-bond donors (Lipinski definition) is 5. The van der Waals surface area contributed by atoms with Gasteiger partial charge in [0.25, 0.3) is 0 Å². The van der Waals surface area contributed by atoms with Crippen molar-refractivity contribution >= 4 is 29.6 Å². The SMILES string of the molecule is CCCCCCc1cn([C@@H]2C[C@@H](C(=O)N[C@@H](Cc3ccccc3)C(N)=O)N(C(=O)[C@@H](NC(=O)[C@H](C)NC)C(C)C)C2)nn1.O=C(O)C(F)(F)F. The number of carbonyl (C=O) groups is 5. The van der Waals surface area contributed by atoms with E-state index in [4.69, 9.17) is 15.6 Å². The number of nitrogens with zero attached hydrogens (tertiary/aromatic N) is 4. The van der Waals surface area contributed by atoms with Crippen LogP contribution < -0.4 is 21.7 Å². The van der Waals surface area contributed by atoms with Crippen LogP contribution in [0.3, 0.4) is 0 Å². The lowest BCUT2D eigenvalue weighted by Gasteiger charge is -2.31. The van der Waals surface area contributed by atoms with E-state index in [0.29, 0.717) is 0 Å². The zero-order chi connectivity index (χ0) is 37.6. The van der Waals surface area contributed by atoms with Crippen LogP contribution in [-0.4, -0.2) is 98.5 Å². The van der Waals surface area contributed by atoms with Crippen molar-refractivity contribution in [3.05, 3.63) is 47.8 Å². The quantitative estimate of drug-likeness (QED) is 0.162. The lowest BCUT2D eigenvalue weighted by atomic mass is 10.0. The first-order chi connectivity index (χ1) is 23.5. The molecule has 1 fully saturated rings. The van der Waals surface area contributed by atoms with Gasteiger partial charge in [0.15, 0.2) is 0 Å². The van der Waals surface area contributed by atoms with Gasteiger partial charge in [-0.1, -0.05) is 75.6 Å². The van der Waals surface area contributed by atoms with Gasteiger partial charge in [0.05, 0.1) is 17.8 Å². The molecule has 5 atom stereocenters. The van der Waals surface area contributed by atoms with Crippen LogP contribution in [0.15, 0.2) is 36.5 Å². The van der Waals surface area contributed by atoms with Crippen molar-refractivity contribution in [3.8, 4) is 0 Å².